The number of rotatable bonds is 2. The van der Waals surface area contributed by atoms with Gasteiger partial charge >= 0.3 is 0 Å². The number of aromatic hydroxyl groups is 1. The van der Waals surface area contributed by atoms with Gasteiger partial charge in [-0.15, -0.1) is 0 Å². The van der Waals surface area contributed by atoms with E-state index in [4.69, 9.17) is 4.74 Å². The Balaban J connectivity index is 2.46. The summed E-state index contributed by atoms with van der Waals surface area (Å²) >= 11 is 0. The largest absolute Gasteiger partial charge is 0.508 e. The Morgan fingerprint density at radius 1 is 1.19 bits per heavy atom. The maximum atomic E-state index is 9.61. The zero-order valence-electron chi connectivity index (χ0n) is 9.14. The monoisotopic (exact) mass is 216 g/mol. The van der Waals surface area contributed by atoms with Crippen molar-refractivity contribution >= 4 is 0 Å². The highest BCUT2D eigenvalue weighted by molar-refractivity contribution is 5.62. The molecule has 0 amide bonds. The molecule has 1 aromatic carbocycles. The molecule has 16 heavy (non-hydrogen) atoms. The molecule has 0 spiro atoms. The maximum absolute atomic E-state index is 9.61. The van der Waals surface area contributed by atoms with Crippen molar-refractivity contribution < 1.29 is 9.84 Å². The van der Waals surface area contributed by atoms with Gasteiger partial charge < -0.3 is 9.84 Å². The molecule has 2 aromatic rings. The molecule has 4 nitrogen and oxygen atoms in total. The molecule has 0 aliphatic rings. The third-order valence-electron chi connectivity index (χ3n) is 2.36. The zero-order valence-corrected chi connectivity index (χ0v) is 9.14. The normalized spacial score (nSPS) is 10.1. The molecule has 1 N–H and O–H groups in total. The van der Waals surface area contributed by atoms with Gasteiger partial charge in [0.2, 0.25) is 5.88 Å². The molecule has 2 rings (SSSR count). The smallest absolute Gasteiger partial charge is 0.216 e. The molecule has 1 heterocycles. The van der Waals surface area contributed by atoms with Crippen molar-refractivity contribution in [3.05, 3.63) is 36.2 Å². The number of nitrogens with zero attached hydrogens (tertiary/aromatic N) is 2. The summed E-state index contributed by atoms with van der Waals surface area (Å²) in [5.74, 6) is 0.764. The molecule has 0 radical (unpaired) electrons. The molecule has 0 atom stereocenters. The van der Waals surface area contributed by atoms with Crippen LogP contribution in [-0.2, 0) is 0 Å². The predicted molar refractivity (Wildman–Crippen MR) is 60.4 cm³/mol. The van der Waals surface area contributed by atoms with Crippen LogP contribution in [0.15, 0.2) is 30.6 Å². The van der Waals surface area contributed by atoms with Crippen LogP contribution in [-0.4, -0.2) is 22.2 Å². The lowest BCUT2D eigenvalue weighted by atomic mass is 10.1. The van der Waals surface area contributed by atoms with Crippen LogP contribution >= 0.6 is 0 Å². The van der Waals surface area contributed by atoms with Crippen molar-refractivity contribution in [2.24, 2.45) is 0 Å². The summed E-state index contributed by atoms with van der Waals surface area (Å²) in [7, 11) is 1.55. The van der Waals surface area contributed by atoms with E-state index in [-0.39, 0.29) is 5.75 Å². The lowest BCUT2D eigenvalue weighted by molar-refractivity contribution is 0.397. The second-order valence-electron chi connectivity index (χ2n) is 3.45. The molecule has 0 saturated heterocycles. The minimum absolute atomic E-state index is 0.259. The lowest BCUT2D eigenvalue weighted by Crippen LogP contribution is -1.90. The van der Waals surface area contributed by atoms with Crippen LogP contribution in [0.3, 0.4) is 0 Å². The van der Waals surface area contributed by atoms with Crippen LogP contribution in [0.1, 0.15) is 5.56 Å². The van der Waals surface area contributed by atoms with Gasteiger partial charge in [-0.25, -0.2) is 9.97 Å². The van der Waals surface area contributed by atoms with Gasteiger partial charge in [0, 0.05) is 11.6 Å². The molecule has 0 bridgehead atoms. The molecule has 0 unspecified atom stereocenters. The van der Waals surface area contributed by atoms with Gasteiger partial charge in [0.15, 0.2) is 0 Å². The number of hydrogen-bond donors (Lipinski definition) is 1. The number of phenolic OH excluding ortho intramolecular Hbond substituents is 1. The minimum Gasteiger partial charge on any atom is -0.508 e. The molecule has 82 valence electrons. The summed E-state index contributed by atoms with van der Waals surface area (Å²) in [5.41, 5.74) is 2.40. The molecule has 0 saturated carbocycles. The molecule has 0 aliphatic heterocycles. The van der Waals surface area contributed by atoms with Crippen LogP contribution in [0.2, 0.25) is 0 Å². The first-order valence-corrected chi connectivity index (χ1v) is 4.86. The number of benzene rings is 1. The highest BCUT2D eigenvalue weighted by Crippen LogP contribution is 2.25. The van der Waals surface area contributed by atoms with E-state index >= 15 is 0 Å². The van der Waals surface area contributed by atoms with E-state index in [1.54, 1.807) is 19.2 Å². The second-order valence-corrected chi connectivity index (χ2v) is 3.45. The number of aryl methyl sites for hydroxylation is 1. The predicted octanol–water partition coefficient (Wildman–Crippen LogP) is 2.17. The summed E-state index contributed by atoms with van der Waals surface area (Å²) in [6.07, 6.45) is 1.44. The SMILES string of the molecule is COc1cc(-c2ccc(C)c(O)c2)ncn1. The first-order valence-electron chi connectivity index (χ1n) is 4.86. The zero-order chi connectivity index (χ0) is 11.5. The van der Waals surface area contributed by atoms with Crippen molar-refractivity contribution in [2.45, 2.75) is 6.92 Å². The molecular formula is C12H12N2O2. The van der Waals surface area contributed by atoms with Crippen molar-refractivity contribution in [1.29, 1.82) is 0 Å². The summed E-state index contributed by atoms with van der Waals surface area (Å²) in [5, 5.41) is 9.61. The molecule has 1 aromatic heterocycles. The van der Waals surface area contributed by atoms with Gasteiger partial charge in [-0.2, -0.15) is 0 Å². The van der Waals surface area contributed by atoms with Gasteiger partial charge in [0.1, 0.15) is 12.1 Å². The van der Waals surface area contributed by atoms with E-state index in [1.807, 2.05) is 19.1 Å². The number of phenols is 1. The van der Waals surface area contributed by atoms with Crippen LogP contribution in [0, 0.1) is 6.92 Å². The molecule has 0 fully saturated rings. The van der Waals surface area contributed by atoms with E-state index in [2.05, 4.69) is 9.97 Å². The number of hydrogen-bond acceptors (Lipinski definition) is 4. The number of aromatic nitrogens is 2. The van der Waals surface area contributed by atoms with Crippen LogP contribution in [0.25, 0.3) is 11.3 Å². The summed E-state index contributed by atoms with van der Waals surface area (Å²) < 4.78 is 5.02. The quantitative estimate of drug-likeness (QED) is 0.835. The Morgan fingerprint density at radius 2 is 2.00 bits per heavy atom. The number of methoxy groups -OCH3 is 1. The Morgan fingerprint density at radius 3 is 2.69 bits per heavy atom. The van der Waals surface area contributed by atoms with Gasteiger partial charge in [-0.05, 0) is 18.6 Å². The van der Waals surface area contributed by atoms with E-state index in [1.165, 1.54) is 6.33 Å². The van der Waals surface area contributed by atoms with E-state index in [0.717, 1.165) is 16.8 Å². The molecular weight excluding hydrogens is 204 g/mol. The Labute approximate surface area is 93.6 Å². The average Bonchev–Trinajstić information content (AvgIpc) is 2.33. The third-order valence-corrected chi connectivity index (χ3v) is 2.36. The second kappa shape index (κ2) is 4.18. The fraction of sp³-hybridized carbons (Fsp3) is 0.167. The Kier molecular flexibility index (Phi) is 2.72. The molecule has 0 aliphatic carbocycles. The van der Waals surface area contributed by atoms with Gasteiger partial charge in [0.25, 0.3) is 0 Å². The average molecular weight is 216 g/mol. The summed E-state index contributed by atoms with van der Waals surface area (Å²) in [6, 6.07) is 7.15. The Hall–Kier alpha value is -2.10. The fourth-order valence-electron chi connectivity index (χ4n) is 1.38. The fourth-order valence-corrected chi connectivity index (χ4v) is 1.38. The minimum atomic E-state index is 0.259. The first kappa shape index (κ1) is 10.4. The third kappa shape index (κ3) is 1.95. The van der Waals surface area contributed by atoms with Crippen LogP contribution in [0.5, 0.6) is 11.6 Å². The van der Waals surface area contributed by atoms with E-state index in [9.17, 15) is 5.11 Å². The molecule has 4 heteroatoms. The number of ether oxygens (including phenoxy) is 1. The van der Waals surface area contributed by atoms with Crippen LogP contribution in [0.4, 0.5) is 0 Å². The van der Waals surface area contributed by atoms with Crippen molar-refractivity contribution in [3.63, 3.8) is 0 Å². The van der Waals surface area contributed by atoms with Crippen molar-refractivity contribution in [2.75, 3.05) is 7.11 Å². The van der Waals surface area contributed by atoms with Crippen molar-refractivity contribution in [1.82, 2.24) is 9.97 Å². The Bertz CT molecular complexity index is 512. The highest BCUT2D eigenvalue weighted by Gasteiger charge is 2.04. The summed E-state index contributed by atoms with van der Waals surface area (Å²) in [4.78, 5) is 8.05. The maximum Gasteiger partial charge on any atom is 0.216 e. The van der Waals surface area contributed by atoms with Gasteiger partial charge in [-0.3, -0.25) is 0 Å². The van der Waals surface area contributed by atoms with E-state index < -0.39 is 0 Å². The highest BCUT2D eigenvalue weighted by atomic mass is 16.5. The van der Waals surface area contributed by atoms with Gasteiger partial charge in [0.05, 0.1) is 12.8 Å². The van der Waals surface area contributed by atoms with E-state index in [0.29, 0.717) is 5.88 Å². The lowest BCUT2D eigenvalue weighted by Gasteiger charge is -2.04. The van der Waals surface area contributed by atoms with Gasteiger partial charge in [-0.1, -0.05) is 12.1 Å². The van der Waals surface area contributed by atoms with Crippen LogP contribution < -0.4 is 4.74 Å². The summed E-state index contributed by atoms with van der Waals surface area (Å²) in [6.45, 7) is 1.85. The topological polar surface area (TPSA) is 55.2 Å². The first-order chi connectivity index (χ1) is 7.70. The van der Waals surface area contributed by atoms with Crippen molar-refractivity contribution in [3.8, 4) is 22.9 Å². The standard InChI is InChI=1S/C12H12N2O2/c1-8-3-4-9(5-11(8)15)10-6-12(16-2)14-7-13-10/h3-7,15H,1-2H3.